The van der Waals surface area contributed by atoms with Crippen LogP contribution in [0.2, 0.25) is 10.2 Å². The molecule has 0 bridgehead atoms. The second-order valence-electron chi connectivity index (χ2n) is 4.38. The number of nitrogens with one attached hydrogen (secondary N) is 1. The van der Waals surface area contributed by atoms with Gasteiger partial charge in [0.05, 0.1) is 15.8 Å². The highest BCUT2D eigenvalue weighted by Gasteiger charge is 2.13. The largest absolute Gasteiger partial charge is 0.298 e. The fourth-order valence-corrected chi connectivity index (χ4v) is 3.13. The number of nitrogens with zero attached hydrogens (tertiary/aromatic N) is 2. The molecule has 1 N–H and O–H groups in total. The van der Waals surface area contributed by atoms with Gasteiger partial charge >= 0.3 is 0 Å². The average Bonchev–Trinajstić information content (AvgIpc) is 2.81. The van der Waals surface area contributed by atoms with Crippen LogP contribution in [-0.2, 0) is 0 Å². The third kappa shape index (κ3) is 2.85. The minimum Gasteiger partial charge on any atom is -0.298 e. The smallest absolute Gasteiger partial charge is 0.260 e. The number of carbonyl (C=O) groups excluding carboxylic acids is 1. The Labute approximate surface area is 134 Å². The Balaban J connectivity index is 1.92. The Morgan fingerprint density at radius 2 is 2.14 bits per heavy atom. The molecule has 0 fully saturated rings. The van der Waals surface area contributed by atoms with Crippen LogP contribution in [0.3, 0.4) is 0 Å². The number of carbonyl (C=O) groups is 1. The molecule has 3 rings (SSSR count). The Hall–Kier alpha value is -1.69. The van der Waals surface area contributed by atoms with Crippen molar-refractivity contribution in [1.82, 2.24) is 9.97 Å². The van der Waals surface area contributed by atoms with Crippen LogP contribution >= 0.6 is 34.5 Å². The summed E-state index contributed by atoms with van der Waals surface area (Å²) in [6.07, 6.45) is 1.53. The summed E-state index contributed by atoms with van der Waals surface area (Å²) in [5.74, 6) is -0.338. The minimum atomic E-state index is -0.338. The lowest BCUT2D eigenvalue weighted by molar-refractivity contribution is 0.102. The molecule has 4 nitrogen and oxygen atoms in total. The van der Waals surface area contributed by atoms with Gasteiger partial charge in [-0.15, -0.1) is 0 Å². The molecule has 0 unspecified atom stereocenters. The number of pyridine rings is 1. The van der Waals surface area contributed by atoms with E-state index >= 15 is 0 Å². The van der Waals surface area contributed by atoms with E-state index in [2.05, 4.69) is 15.3 Å². The summed E-state index contributed by atoms with van der Waals surface area (Å²) in [5, 5.41) is 4.04. The molecule has 0 spiro atoms. The van der Waals surface area contributed by atoms with Gasteiger partial charge < -0.3 is 0 Å². The Morgan fingerprint density at radius 1 is 1.33 bits per heavy atom. The summed E-state index contributed by atoms with van der Waals surface area (Å²) < 4.78 is 0.962. The average molecular weight is 338 g/mol. The number of thiazole rings is 1. The first-order valence-electron chi connectivity index (χ1n) is 6.03. The van der Waals surface area contributed by atoms with Crippen LogP contribution in [0.25, 0.3) is 10.2 Å². The van der Waals surface area contributed by atoms with E-state index in [0.717, 1.165) is 15.8 Å². The zero-order valence-corrected chi connectivity index (χ0v) is 13.2. The monoisotopic (exact) mass is 337 g/mol. The number of benzene rings is 1. The van der Waals surface area contributed by atoms with Crippen molar-refractivity contribution >= 4 is 55.8 Å². The van der Waals surface area contributed by atoms with E-state index < -0.39 is 0 Å². The van der Waals surface area contributed by atoms with Crippen LogP contribution in [0.4, 0.5) is 5.13 Å². The van der Waals surface area contributed by atoms with Crippen molar-refractivity contribution in [1.29, 1.82) is 0 Å². The van der Waals surface area contributed by atoms with Crippen LogP contribution in [0.1, 0.15) is 15.9 Å². The van der Waals surface area contributed by atoms with Gasteiger partial charge in [0.25, 0.3) is 5.91 Å². The van der Waals surface area contributed by atoms with Gasteiger partial charge in [-0.25, -0.2) is 9.97 Å². The van der Waals surface area contributed by atoms with Gasteiger partial charge in [0, 0.05) is 11.2 Å². The fraction of sp³-hybridized carbons (Fsp3) is 0.0714. The van der Waals surface area contributed by atoms with Crippen molar-refractivity contribution in [2.75, 3.05) is 5.32 Å². The molecule has 106 valence electrons. The molecule has 1 aromatic carbocycles. The van der Waals surface area contributed by atoms with Gasteiger partial charge in [0.2, 0.25) is 0 Å². The molecule has 2 heterocycles. The van der Waals surface area contributed by atoms with Crippen molar-refractivity contribution in [3.8, 4) is 0 Å². The molecule has 21 heavy (non-hydrogen) atoms. The molecule has 3 aromatic rings. The highest BCUT2D eigenvalue weighted by molar-refractivity contribution is 7.22. The lowest BCUT2D eigenvalue weighted by Gasteiger charge is -2.02. The maximum Gasteiger partial charge on any atom is 0.260 e. The molecular weight excluding hydrogens is 329 g/mol. The zero-order valence-electron chi connectivity index (χ0n) is 10.9. The van der Waals surface area contributed by atoms with Gasteiger partial charge in [-0.05, 0) is 36.8 Å². The summed E-state index contributed by atoms with van der Waals surface area (Å²) in [4.78, 5) is 20.4. The molecule has 0 aliphatic rings. The van der Waals surface area contributed by atoms with Crippen molar-refractivity contribution in [3.05, 3.63) is 51.8 Å². The first-order valence-corrected chi connectivity index (χ1v) is 7.60. The van der Waals surface area contributed by atoms with Crippen LogP contribution in [0, 0.1) is 6.92 Å². The number of fused-ring (bicyclic) bond motifs is 1. The summed E-state index contributed by atoms with van der Waals surface area (Å²) >= 11 is 13.4. The molecule has 0 saturated heterocycles. The summed E-state index contributed by atoms with van der Waals surface area (Å²) in [7, 11) is 0. The highest BCUT2D eigenvalue weighted by atomic mass is 35.5. The van der Waals surface area contributed by atoms with Crippen LogP contribution in [-0.4, -0.2) is 15.9 Å². The predicted octanol–water partition coefficient (Wildman–Crippen LogP) is 4.56. The minimum absolute atomic E-state index is 0.162. The van der Waals surface area contributed by atoms with Crippen molar-refractivity contribution in [3.63, 3.8) is 0 Å². The number of anilines is 1. The van der Waals surface area contributed by atoms with Crippen LogP contribution in [0.15, 0.2) is 30.5 Å². The number of hydrogen-bond acceptors (Lipinski definition) is 4. The van der Waals surface area contributed by atoms with Crippen molar-refractivity contribution in [2.45, 2.75) is 6.92 Å². The number of aromatic nitrogens is 2. The number of rotatable bonds is 2. The van der Waals surface area contributed by atoms with E-state index in [0.29, 0.717) is 15.7 Å². The Kier molecular flexibility index (Phi) is 3.80. The van der Waals surface area contributed by atoms with E-state index in [4.69, 9.17) is 23.2 Å². The summed E-state index contributed by atoms with van der Waals surface area (Å²) in [6.45, 7) is 1.93. The zero-order chi connectivity index (χ0) is 15.0. The van der Waals surface area contributed by atoms with E-state index in [1.807, 2.05) is 13.0 Å². The maximum absolute atomic E-state index is 12.2. The van der Waals surface area contributed by atoms with E-state index in [9.17, 15) is 4.79 Å². The lowest BCUT2D eigenvalue weighted by Crippen LogP contribution is -2.12. The SMILES string of the molecule is Cc1cc2sc(NC(=O)c3cccnc3Cl)nc2cc1Cl. The Morgan fingerprint density at radius 3 is 2.90 bits per heavy atom. The second-order valence-corrected chi connectivity index (χ2v) is 6.18. The number of amides is 1. The van der Waals surface area contributed by atoms with Crippen molar-refractivity contribution in [2.24, 2.45) is 0 Å². The van der Waals surface area contributed by atoms with Gasteiger partial charge in [-0.1, -0.05) is 34.5 Å². The molecule has 0 aliphatic carbocycles. The first kappa shape index (κ1) is 14.3. The van der Waals surface area contributed by atoms with Gasteiger partial charge in [0.1, 0.15) is 5.15 Å². The maximum atomic E-state index is 12.2. The standard InChI is InChI=1S/C14H9Cl2N3OS/c1-7-5-11-10(6-9(7)15)18-14(21-11)19-13(20)8-3-2-4-17-12(8)16/h2-6H,1H3,(H,18,19,20). The van der Waals surface area contributed by atoms with Crippen LogP contribution in [0.5, 0.6) is 0 Å². The fourth-order valence-electron chi connectivity index (χ4n) is 1.82. The van der Waals surface area contributed by atoms with Gasteiger partial charge in [-0.3, -0.25) is 10.1 Å². The van der Waals surface area contributed by atoms with Crippen molar-refractivity contribution < 1.29 is 4.79 Å². The first-order chi connectivity index (χ1) is 10.0. The topological polar surface area (TPSA) is 54.9 Å². The molecule has 0 saturated carbocycles. The molecule has 0 aliphatic heterocycles. The Bertz CT molecular complexity index is 808. The number of hydrogen-bond donors (Lipinski definition) is 1. The molecule has 1 amide bonds. The number of aryl methyl sites for hydroxylation is 1. The molecule has 2 aromatic heterocycles. The quantitative estimate of drug-likeness (QED) is 0.697. The van der Waals surface area contributed by atoms with Crippen LogP contribution < -0.4 is 5.32 Å². The van der Waals surface area contributed by atoms with E-state index in [1.165, 1.54) is 17.5 Å². The highest BCUT2D eigenvalue weighted by Crippen LogP contribution is 2.30. The van der Waals surface area contributed by atoms with E-state index in [1.54, 1.807) is 18.2 Å². The molecule has 0 radical (unpaired) electrons. The summed E-state index contributed by atoms with van der Waals surface area (Å²) in [5.41, 5.74) is 2.04. The normalized spacial score (nSPS) is 10.8. The molecule has 7 heteroatoms. The molecule has 0 atom stereocenters. The molecular formula is C14H9Cl2N3OS. The number of halogens is 2. The predicted molar refractivity (Wildman–Crippen MR) is 86.6 cm³/mol. The lowest BCUT2D eigenvalue weighted by atomic mass is 10.2. The second kappa shape index (κ2) is 5.60. The summed E-state index contributed by atoms with van der Waals surface area (Å²) in [6, 6.07) is 7.00. The van der Waals surface area contributed by atoms with E-state index in [-0.39, 0.29) is 11.1 Å². The van der Waals surface area contributed by atoms with Gasteiger partial charge in [0.15, 0.2) is 5.13 Å². The third-order valence-corrected chi connectivity index (χ3v) is 4.54. The third-order valence-electron chi connectivity index (χ3n) is 2.89. The van der Waals surface area contributed by atoms with Gasteiger partial charge in [-0.2, -0.15) is 0 Å².